The molecule has 7 heteroatoms. The van der Waals surface area contributed by atoms with Crippen LogP contribution >= 0.6 is 11.8 Å². The summed E-state index contributed by atoms with van der Waals surface area (Å²) in [4.78, 5) is 16.4. The molecule has 3 N–H and O–H groups in total. The summed E-state index contributed by atoms with van der Waals surface area (Å²) in [6.45, 7) is 8.58. The molecule has 0 bridgehead atoms. The fraction of sp³-hybridized carbons (Fsp3) is 0.389. The van der Waals surface area contributed by atoms with E-state index in [9.17, 15) is 14.3 Å². The Morgan fingerprint density at radius 2 is 1.96 bits per heavy atom. The Kier molecular flexibility index (Phi) is 6.38. The molecule has 5 nitrogen and oxygen atoms in total. The molecule has 0 atom stereocenters. The maximum absolute atomic E-state index is 14.0. The Bertz CT molecular complexity index is 772. The van der Waals surface area contributed by atoms with E-state index >= 15 is 0 Å². The van der Waals surface area contributed by atoms with Crippen LogP contribution in [0.3, 0.4) is 0 Å². The third kappa shape index (κ3) is 5.91. The molecule has 0 aromatic heterocycles. The van der Waals surface area contributed by atoms with Gasteiger partial charge in [-0.25, -0.2) is 4.39 Å². The summed E-state index contributed by atoms with van der Waals surface area (Å²) in [6.07, 6.45) is 1.24. The largest absolute Gasteiger partial charge is 0.512 e. The van der Waals surface area contributed by atoms with Crippen LogP contribution in [0, 0.1) is 22.6 Å². The van der Waals surface area contributed by atoms with E-state index in [0.717, 1.165) is 17.8 Å². The van der Waals surface area contributed by atoms with Gasteiger partial charge in [-0.15, -0.1) is 11.8 Å². The number of benzene rings is 1. The molecule has 0 radical (unpaired) electrons. The lowest BCUT2D eigenvalue weighted by atomic mass is 9.93. The maximum Gasteiger partial charge on any atom is 0.263 e. The summed E-state index contributed by atoms with van der Waals surface area (Å²) >= 11 is 0.986. The van der Waals surface area contributed by atoms with E-state index in [1.807, 2.05) is 6.07 Å². The summed E-state index contributed by atoms with van der Waals surface area (Å²) in [5, 5.41) is 18.7. The second kappa shape index (κ2) is 7.70. The second-order valence-corrected chi connectivity index (χ2v) is 8.66. The van der Waals surface area contributed by atoms with Crippen LogP contribution in [0.5, 0.6) is 0 Å². The molecular formula is C18H22FN3O2S. The first-order valence-corrected chi connectivity index (χ1v) is 8.37. The van der Waals surface area contributed by atoms with Gasteiger partial charge < -0.3 is 10.8 Å². The zero-order valence-electron chi connectivity index (χ0n) is 14.9. The summed E-state index contributed by atoms with van der Waals surface area (Å²) in [5.74, 6) is -1.25. The Morgan fingerprint density at radius 3 is 2.44 bits per heavy atom. The molecule has 1 aromatic carbocycles. The fourth-order valence-electron chi connectivity index (χ4n) is 1.61. The van der Waals surface area contributed by atoms with Crippen LogP contribution in [0.2, 0.25) is 0 Å². The van der Waals surface area contributed by atoms with Gasteiger partial charge in [-0.2, -0.15) is 10.3 Å². The van der Waals surface area contributed by atoms with Crippen molar-refractivity contribution in [2.45, 2.75) is 44.3 Å². The van der Waals surface area contributed by atoms with E-state index in [-0.39, 0.29) is 22.1 Å². The number of aliphatic hydroxyl groups is 1. The lowest BCUT2D eigenvalue weighted by molar-refractivity contribution is -0.119. The highest BCUT2D eigenvalue weighted by atomic mass is 32.2. The van der Waals surface area contributed by atoms with E-state index in [1.54, 1.807) is 34.6 Å². The zero-order valence-corrected chi connectivity index (χ0v) is 15.7. The van der Waals surface area contributed by atoms with Gasteiger partial charge >= 0.3 is 0 Å². The zero-order chi connectivity index (χ0) is 19.4. The third-order valence-corrected chi connectivity index (χ3v) is 4.46. The van der Waals surface area contributed by atoms with Crippen molar-refractivity contribution in [3.8, 4) is 6.07 Å². The normalized spacial score (nSPS) is 13.5. The predicted molar refractivity (Wildman–Crippen MR) is 97.8 cm³/mol. The number of hydrogen-bond acceptors (Lipinski definition) is 4. The molecule has 0 aliphatic carbocycles. The number of carbonyl (C=O) groups is 1. The lowest BCUT2D eigenvalue weighted by Crippen LogP contribution is -2.28. The third-order valence-electron chi connectivity index (χ3n) is 3.22. The standard InChI is InChI=1S/C18H22FN3O2S/c1-17(2,3)14(23)9-15(21)22-16(24)18(4,5)25-13-7-6-11(10-20)8-12(13)19/h6-9,23H,1-5H3,(H2,21,22,24)/b14-9-. The number of nitrogens with zero attached hydrogens (tertiary/aromatic N) is 2. The van der Waals surface area contributed by atoms with Gasteiger partial charge in [0.25, 0.3) is 5.91 Å². The van der Waals surface area contributed by atoms with Crippen molar-refractivity contribution in [3.63, 3.8) is 0 Å². The van der Waals surface area contributed by atoms with Crippen LogP contribution in [-0.4, -0.2) is 21.6 Å². The molecule has 0 fully saturated rings. The van der Waals surface area contributed by atoms with Crippen molar-refractivity contribution in [3.05, 3.63) is 41.4 Å². The van der Waals surface area contributed by atoms with Crippen LogP contribution < -0.4 is 5.73 Å². The molecule has 1 amide bonds. The SMILES string of the molecule is CC(C)(Sc1ccc(C#N)cc1F)C(=O)N=C(N)/C=C(\O)C(C)(C)C. The van der Waals surface area contributed by atoms with Crippen molar-refractivity contribution in [2.24, 2.45) is 16.1 Å². The number of carbonyl (C=O) groups excluding carboxylic acids is 1. The Labute approximate surface area is 151 Å². The van der Waals surface area contributed by atoms with E-state index in [2.05, 4.69) is 4.99 Å². The van der Waals surface area contributed by atoms with Crippen molar-refractivity contribution in [2.75, 3.05) is 0 Å². The van der Waals surface area contributed by atoms with Gasteiger partial charge in [-0.3, -0.25) is 4.79 Å². The molecule has 0 saturated heterocycles. The number of amidine groups is 1. The van der Waals surface area contributed by atoms with Crippen LogP contribution in [0.25, 0.3) is 0 Å². The minimum Gasteiger partial charge on any atom is -0.512 e. The van der Waals surface area contributed by atoms with Gasteiger partial charge in [-0.05, 0) is 32.0 Å². The minimum atomic E-state index is -1.08. The average molecular weight is 363 g/mol. The number of aliphatic hydroxyl groups excluding tert-OH is 1. The summed E-state index contributed by atoms with van der Waals surface area (Å²) < 4.78 is 12.9. The summed E-state index contributed by atoms with van der Waals surface area (Å²) in [6, 6.07) is 5.90. The van der Waals surface area contributed by atoms with E-state index in [1.165, 1.54) is 18.2 Å². The van der Waals surface area contributed by atoms with Crippen LogP contribution in [0.4, 0.5) is 4.39 Å². The summed E-state index contributed by atoms with van der Waals surface area (Å²) in [7, 11) is 0. The monoisotopic (exact) mass is 363 g/mol. The first-order valence-electron chi connectivity index (χ1n) is 7.55. The first kappa shape index (κ1) is 20.7. The minimum absolute atomic E-state index is 0.00476. The fourth-order valence-corrected chi connectivity index (χ4v) is 2.59. The van der Waals surface area contributed by atoms with Crippen LogP contribution in [0.1, 0.15) is 40.2 Å². The molecular weight excluding hydrogens is 341 g/mol. The molecule has 0 aliphatic heterocycles. The maximum atomic E-state index is 14.0. The average Bonchev–Trinajstić information content (AvgIpc) is 2.47. The van der Waals surface area contributed by atoms with Crippen molar-refractivity contribution in [1.82, 2.24) is 0 Å². The number of nitrogens with two attached hydrogens (primary N) is 1. The Morgan fingerprint density at radius 1 is 1.36 bits per heavy atom. The van der Waals surface area contributed by atoms with Crippen molar-refractivity contribution in [1.29, 1.82) is 5.26 Å². The number of amides is 1. The molecule has 134 valence electrons. The molecule has 25 heavy (non-hydrogen) atoms. The number of nitriles is 1. The molecule has 0 unspecified atom stereocenters. The Balaban J connectivity index is 3.00. The van der Waals surface area contributed by atoms with Gasteiger partial charge in [-0.1, -0.05) is 20.8 Å². The number of aliphatic imine (C=N–C) groups is 1. The van der Waals surface area contributed by atoms with E-state index < -0.39 is 21.9 Å². The topological polar surface area (TPSA) is 99.5 Å². The first-order chi connectivity index (χ1) is 11.4. The van der Waals surface area contributed by atoms with E-state index in [4.69, 9.17) is 11.0 Å². The van der Waals surface area contributed by atoms with Gasteiger partial charge in [0.2, 0.25) is 0 Å². The van der Waals surface area contributed by atoms with Gasteiger partial charge in [0.15, 0.2) is 0 Å². The van der Waals surface area contributed by atoms with E-state index in [0.29, 0.717) is 0 Å². The number of rotatable bonds is 4. The van der Waals surface area contributed by atoms with Gasteiger partial charge in [0.05, 0.1) is 16.4 Å². The number of thioether (sulfide) groups is 1. The van der Waals surface area contributed by atoms with Crippen molar-refractivity contribution < 1.29 is 14.3 Å². The smallest absolute Gasteiger partial charge is 0.263 e. The van der Waals surface area contributed by atoms with Crippen LogP contribution in [0.15, 0.2) is 39.9 Å². The quantitative estimate of drug-likeness (QED) is 0.365. The highest BCUT2D eigenvalue weighted by Gasteiger charge is 2.30. The number of hydrogen-bond donors (Lipinski definition) is 2. The number of allylic oxidation sites excluding steroid dienone is 1. The summed E-state index contributed by atoms with van der Waals surface area (Å²) in [5.41, 5.74) is 5.39. The predicted octanol–water partition coefficient (Wildman–Crippen LogP) is 3.94. The van der Waals surface area contributed by atoms with Gasteiger partial charge in [0.1, 0.15) is 17.4 Å². The number of halogens is 1. The molecule has 1 aromatic rings. The molecule has 0 saturated carbocycles. The lowest BCUT2D eigenvalue weighted by Gasteiger charge is -2.20. The Hall–Kier alpha value is -2.33. The molecule has 0 spiro atoms. The molecule has 0 aliphatic rings. The van der Waals surface area contributed by atoms with Gasteiger partial charge in [0, 0.05) is 16.4 Å². The highest BCUT2D eigenvalue weighted by Crippen LogP contribution is 2.35. The molecule has 0 heterocycles. The highest BCUT2D eigenvalue weighted by molar-refractivity contribution is 8.01. The second-order valence-electron chi connectivity index (χ2n) is 6.99. The molecule has 1 rings (SSSR count). The van der Waals surface area contributed by atoms with Crippen molar-refractivity contribution >= 4 is 23.5 Å². The van der Waals surface area contributed by atoms with Crippen LogP contribution in [-0.2, 0) is 4.79 Å².